The van der Waals surface area contributed by atoms with Crippen LogP contribution in [0.15, 0.2) is 70.0 Å². The van der Waals surface area contributed by atoms with Crippen molar-refractivity contribution < 1.29 is 4.74 Å². The van der Waals surface area contributed by atoms with E-state index in [1.807, 2.05) is 18.9 Å². The number of hydrogen-bond donors (Lipinski definition) is 0. The SMILES string of the molecule is CCC1(CC)CCC2(CC1)C1=C(c3cc(Sc4c(C)cccc4C)c(OC)cc3CC1)c1ccccc12. The van der Waals surface area contributed by atoms with Crippen molar-refractivity contribution in [2.45, 2.75) is 94.3 Å². The Morgan fingerprint density at radius 3 is 2.19 bits per heavy atom. The van der Waals surface area contributed by atoms with E-state index in [0.717, 1.165) is 12.2 Å². The monoisotopic (exact) mass is 508 g/mol. The summed E-state index contributed by atoms with van der Waals surface area (Å²) >= 11 is 1.87. The van der Waals surface area contributed by atoms with E-state index in [1.165, 1.54) is 82.6 Å². The van der Waals surface area contributed by atoms with Crippen molar-refractivity contribution >= 4 is 17.3 Å². The number of allylic oxidation sites excluding steroid dienone is 1. The second kappa shape index (κ2) is 9.38. The summed E-state index contributed by atoms with van der Waals surface area (Å²) in [4.78, 5) is 2.57. The van der Waals surface area contributed by atoms with Gasteiger partial charge >= 0.3 is 0 Å². The summed E-state index contributed by atoms with van der Waals surface area (Å²) in [6.07, 6.45) is 10.2. The summed E-state index contributed by atoms with van der Waals surface area (Å²) in [6.45, 7) is 9.25. The third kappa shape index (κ3) is 3.82. The Morgan fingerprint density at radius 2 is 1.51 bits per heavy atom. The quantitative estimate of drug-likeness (QED) is 0.339. The zero-order valence-corrected chi connectivity index (χ0v) is 24.0. The summed E-state index contributed by atoms with van der Waals surface area (Å²) in [6, 6.07) is 20.8. The Morgan fingerprint density at radius 1 is 0.811 bits per heavy atom. The molecule has 0 aromatic heterocycles. The topological polar surface area (TPSA) is 9.23 Å². The van der Waals surface area contributed by atoms with Gasteiger partial charge in [-0.2, -0.15) is 0 Å². The highest BCUT2D eigenvalue weighted by Gasteiger charge is 2.50. The molecule has 0 aliphatic heterocycles. The Kier molecular flexibility index (Phi) is 6.30. The maximum Gasteiger partial charge on any atom is 0.133 e. The minimum atomic E-state index is 0.233. The lowest BCUT2D eigenvalue weighted by molar-refractivity contribution is 0.130. The average molecular weight is 509 g/mol. The lowest BCUT2D eigenvalue weighted by Crippen LogP contribution is -2.37. The third-order valence-corrected chi connectivity index (χ3v) is 11.6. The number of rotatable bonds is 5. The molecule has 1 spiro atoms. The molecule has 37 heavy (non-hydrogen) atoms. The first-order chi connectivity index (χ1) is 17.9. The predicted molar refractivity (Wildman–Crippen MR) is 157 cm³/mol. The van der Waals surface area contributed by atoms with Crippen LogP contribution in [0.5, 0.6) is 5.75 Å². The minimum absolute atomic E-state index is 0.233. The van der Waals surface area contributed by atoms with E-state index in [9.17, 15) is 0 Å². The van der Waals surface area contributed by atoms with E-state index in [4.69, 9.17) is 4.74 Å². The highest BCUT2D eigenvalue weighted by molar-refractivity contribution is 7.99. The van der Waals surface area contributed by atoms with Gasteiger partial charge in [-0.25, -0.2) is 0 Å². The van der Waals surface area contributed by atoms with Gasteiger partial charge in [0, 0.05) is 10.3 Å². The Labute approximate surface area is 227 Å². The van der Waals surface area contributed by atoms with Crippen molar-refractivity contribution in [3.63, 3.8) is 0 Å². The molecule has 0 radical (unpaired) electrons. The van der Waals surface area contributed by atoms with Crippen LogP contribution in [-0.2, 0) is 11.8 Å². The molecule has 6 rings (SSSR count). The van der Waals surface area contributed by atoms with Gasteiger partial charge in [-0.3, -0.25) is 0 Å². The molecule has 0 N–H and O–H groups in total. The van der Waals surface area contributed by atoms with Crippen molar-refractivity contribution in [1.29, 1.82) is 0 Å². The van der Waals surface area contributed by atoms with E-state index < -0.39 is 0 Å². The first-order valence-corrected chi connectivity index (χ1v) is 15.1. The molecular formula is C35H40OS. The van der Waals surface area contributed by atoms with Crippen LogP contribution < -0.4 is 4.74 Å². The van der Waals surface area contributed by atoms with Gasteiger partial charge in [-0.1, -0.05) is 86.5 Å². The number of methoxy groups -OCH3 is 1. The molecule has 1 nitrogen and oxygen atoms in total. The molecule has 0 unspecified atom stereocenters. The number of fused-ring (bicyclic) bond motifs is 6. The number of ether oxygens (including phenoxy) is 1. The summed E-state index contributed by atoms with van der Waals surface area (Å²) in [5, 5.41) is 0. The summed E-state index contributed by atoms with van der Waals surface area (Å²) in [7, 11) is 1.82. The van der Waals surface area contributed by atoms with Crippen molar-refractivity contribution in [3.8, 4) is 5.75 Å². The molecule has 0 bridgehead atoms. The van der Waals surface area contributed by atoms with Crippen LogP contribution in [0.1, 0.15) is 92.2 Å². The predicted octanol–water partition coefficient (Wildman–Crippen LogP) is 9.84. The highest BCUT2D eigenvalue weighted by atomic mass is 32.2. The Balaban J connectivity index is 1.49. The first-order valence-electron chi connectivity index (χ1n) is 14.2. The average Bonchev–Trinajstić information content (AvgIpc) is 3.21. The smallest absolute Gasteiger partial charge is 0.133 e. The number of hydrogen-bond acceptors (Lipinski definition) is 2. The molecule has 0 saturated heterocycles. The van der Waals surface area contributed by atoms with Gasteiger partial charge in [0.05, 0.1) is 12.0 Å². The lowest BCUT2D eigenvalue weighted by atomic mass is 9.57. The van der Waals surface area contributed by atoms with Crippen molar-refractivity contribution in [3.05, 3.63) is 93.6 Å². The molecule has 0 heterocycles. The summed E-state index contributed by atoms with van der Waals surface area (Å²) in [5.74, 6) is 1.00. The second-order valence-electron chi connectivity index (χ2n) is 11.7. The molecule has 3 aromatic rings. The number of aryl methyl sites for hydroxylation is 3. The fourth-order valence-electron chi connectivity index (χ4n) is 7.70. The van der Waals surface area contributed by atoms with Crippen LogP contribution in [0.25, 0.3) is 5.57 Å². The molecular weight excluding hydrogens is 468 g/mol. The van der Waals surface area contributed by atoms with Gasteiger partial charge in [-0.05, 0) is 109 Å². The molecule has 3 aliphatic rings. The van der Waals surface area contributed by atoms with E-state index >= 15 is 0 Å². The molecule has 1 fully saturated rings. The second-order valence-corrected chi connectivity index (χ2v) is 12.7. The lowest BCUT2D eigenvalue weighted by Gasteiger charge is -2.47. The minimum Gasteiger partial charge on any atom is -0.496 e. The van der Waals surface area contributed by atoms with Crippen LogP contribution in [0.4, 0.5) is 0 Å². The van der Waals surface area contributed by atoms with Crippen LogP contribution in [-0.4, -0.2) is 7.11 Å². The van der Waals surface area contributed by atoms with Gasteiger partial charge in [0.1, 0.15) is 5.75 Å². The largest absolute Gasteiger partial charge is 0.496 e. The van der Waals surface area contributed by atoms with E-state index in [-0.39, 0.29) is 5.41 Å². The number of benzene rings is 3. The summed E-state index contributed by atoms with van der Waals surface area (Å²) < 4.78 is 5.96. The maximum absolute atomic E-state index is 5.96. The zero-order valence-electron chi connectivity index (χ0n) is 23.2. The van der Waals surface area contributed by atoms with E-state index in [0.29, 0.717) is 5.41 Å². The highest BCUT2D eigenvalue weighted by Crippen LogP contribution is 2.62. The van der Waals surface area contributed by atoms with E-state index in [1.54, 1.807) is 16.7 Å². The first kappa shape index (κ1) is 24.9. The molecule has 1 saturated carbocycles. The van der Waals surface area contributed by atoms with Gasteiger partial charge in [0.15, 0.2) is 0 Å². The van der Waals surface area contributed by atoms with E-state index in [2.05, 4.69) is 82.3 Å². The van der Waals surface area contributed by atoms with Crippen molar-refractivity contribution in [1.82, 2.24) is 0 Å². The fourth-order valence-corrected chi connectivity index (χ4v) is 8.80. The van der Waals surface area contributed by atoms with Crippen LogP contribution in [0, 0.1) is 19.3 Å². The molecule has 3 aromatic carbocycles. The maximum atomic E-state index is 5.96. The van der Waals surface area contributed by atoms with Crippen molar-refractivity contribution in [2.75, 3.05) is 7.11 Å². The molecule has 2 heteroatoms. The Bertz CT molecular complexity index is 1360. The van der Waals surface area contributed by atoms with Gasteiger partial charge in [-0.15, -0.1) is 0 Å². The summed E-state index contributed by atoms with van der Waals surface area (Å²) in [5.41, 5.74) is 12.7. The standard InChI is InChI=1S/C35H40OS/c1-6-34(7-2)17-19-35(20-18-34)28-14-9-8-13-26(28)32-27-22-31(37-33-23(3)11-10-12-24(33)4)30(36-5)21-25(27)15-16-29(32)35/h8-14,21-22H,6-7,15-20H2,1-5H3. The molecule has 0 atom stereocenters. The Hall–Kier alpha value is -2.45. The van der Waals surface area contributed by atoms with Crippen LogP contribution in [0.2, 0.25) is 0 Å². The zero-order chi connectivity index (χ0) is 25.8. The molecule has 3 aliphatic carbocycles. The molecule has 192 valence electrons. The normalized spacial score (nSPS) is 18.9. The van der Waals surface area contributed by atoms with Gasteiger partial charge in [0.25, 0.3) is 0 Å². The van der Waals surface area contributed by atoms with Gasteiger partial charge in [0.2, 0.25) is 0 Å². The van der Waals surface area contributed by atoms with Crippen molar-refractivity contribution in [2.24, 2.45) is 5.41 Å². The fraction of sp³-hybridized carbons (Fsp3) is 0.429. The third-order valence-electron chi connectivity index (χ3n) is 10.2. The molecule has 0 amide bonds. The van der Waals surface area contributed by atoms with Crippen LogP contribution in [0.3, 0.4) is 0 Å². The van der Waals surface area contributed by atoms with Crippen LogP contribution >= 0.6 is 11.8 Å². The van der Waals surface area contributed by atoms with Gasteiger partial charge < -0.3 is 4.74 Å².